The van der Waals surface area contributed by atoms with Gasteiger partial charge < -0.3 is 5.11 Å². The average molecular weight is 348 g/mol. The van der Waals surface area contributed by atoms with Crippen LogP contribution in [0.2, 0.25) is 0 Å². The number of pyridine rings is 1. The topological polar surface area (TPSA) is 63.8 Å². The van der Waals surface area contributed by atoms with Crippen molar-refractivity contribution in [1.82, 2.24) is 19.7 Å². The summed E-state index contributed by atoms with van der Waals surface area (Å²) in [5.74, 6) is 0.473. The lowest BCUT2D eigenvalue weighted by Crippen LogP contribution is -2.29. The van der Waals surface area contributed by atoms with E-state index in [-0.39, 0.29) is 12.1 Å². The van der Waals surface area contributed by atoms with Crippen molar-refractivity contribution >= 4 is 0 Å². The average Bonchev–Trinajstić information content (AvgIpc) is 3.02. The Hall–Kier alpha value is -2.74. The molecule has 5 nitrogen and oxygen atoms in total. The van der Waals surface area contributed by atoms with Gasteiger partial charge in [0.15, 0.2) is 5.82 Å². The molecule has 0 radical (unpaired) electrons. The van der Waals surface area contributed by atoms with Crippen LogP contribution < -0.4 is 0 Å². The van der Waals surface area contributed by atoms with Gasteiger partial charge in [-0.1, -0.05) is 12.1 Å². The zero-order valence-corrected chi connectivity index (χ0v) is 13.3. The van der Waals surface area contributed by atoms with Gasteiger partial charge in [-0.25, -0.2) is 9.67 Å². The van der Waals surface area contributed by atoms with Crippen molar-refractivity contribution in [3.8, 4) is 11.4 Å². The van der Waals surface area contributed by atoms with Crippen LogP contribution >= 0.6 is 0 Å². The lowest BCUT2D eigenvalue weighted by Gasteiger charge is -2.25. The van der Waals surface area contributed by atoms with Gasteiger partial charge in [-0.2, -0.15) is 18.3 Å². The zero-order chi connectivity index (χ0) is 18.1. The number of halogens is 3. The number of aliphatic hydroxyl groups is 1. The van der Waals surface area contributed by atoms with E-state index in [4.69, 9.17) is 0 Å². The Labute approximate surface area is 141 Å². The van der Waals surface area contributed by atoms with E-state index in [1.54, 1.807) is 24.5 Å². The molecule has 0 aliphatic carbocycles. The van der Waals surface area contributed by atoms with Gasteiger partial charge in [0, 0.05) is 18.0 Å². The third-order valence-electron chi connectivity index (χ3n) is 3.80. The molecule has 3 rings (SSSR count). The summed E-state index contributed by atoms with van der Waals surface area (Å²) >= 11 is 0. The SMILES string of the molecule is C[C@](O)(Cn1ncnc1-c1cccnc1)c1cccc(C(F)(F)F)c1. The molecule has 0 bridgehead atoms. The van der Waals surface area contributed by atoms with Gasteiger partial charge in [0.05, 0.1) is 12.1 Å². The Morgan fingerprint density at radius 2 is 1.88 bits per heavy atom. The molecular formula is C17H15F3N4O. The maximum Gasteiger partial charge on any atom is 0.416 e. The standard InChI is InChI=1S/C17H15F3N4O/c1-16(25,13-5-2-6-14(8-13)17(18,19)20)10-24-15(22-11-23-24)12-4-3-7-21-9-12/h2-9,11,25H,10H2,1H3/t16-/m0/s1. The summed E-state index contributed by atoms with van der Waals surface area (Å²) in [5.41, 5.74) is -1.53. The molecule has 0 spiro atoms. The van der Waals surface area contributed by atoms with Crippen LogP contribution in [0.15, 0.2) is 55.1 Å². The minimum absolute atomic E-state index is 0.0570. The highest BCUT2D eigenvalue weighted by Gasteiger charge is 2.33. The van der Waals surface area contributed by atoms with E-state index >= 15 is 0 Å². The van der Waals surface area contributed by atoms with Crippen molar-refractivity contribution in [3.05, 3.63) is 66.2 Å². The fourth-order valence-electron chi connectivity index (χ4n) is 2.51. The Morgan fingerprint density at radius 3 is 2.56 bits per heavy atom. The summed E-state index contributed by atoms with van der Waals surface area (Å²) < 4.78 is 40.1. The van der Waals surface area contributed by atoms with E-state index in [9.17, 15) is 18.3 Å². The normalized spacial score (nSPS) is 14.3. The first-order chi connectivity index (χ1) is 11.8. The van der Waals surface area contributed by atoms with E-state index in [0.717, 1.165) is 12.1 Å². The lowest BCUT2D eigenvalue weighted by molar-refractivity contribution is -0.137. The molecule has 0 amide bonds. The summed E-state index contributed by atoms with van der Waals surface area (Å²) in [6.45, 7) is 1.38. The molecule has 0 saturated heterocycles. The second kappa shape index (κ2) is 6.29. The van der Waals surface area contributed by atoms with Gasteiger partial charge in [0.2, 0.25) is 0 Å². The first kappa shape index (κ1) is 17.1. The Bertz CT molecular complexity index is 860. The van der Waals surface area contributed by atoms with Crippen LogP contribution in [0.1, 0.15) is 18.1 Å². The number of rotatable bonds is 4. The maximum absolute atomic E-state index is 12.9. The number of alkyl halides is 3. The first-order valence-electron chi connectivity index (χ1n) is 7.46. The maximum atomic E-state index is 12.9. The van der Waals surface area contributed by atoms with Crippen LogP contribution in [0.4, 0.5) is 13.2 Å². The van der Waals surface area contributed by atoms with E-state index in [1.807, 2.05) is 0 Å². The van der Waals surface area contributed by atoms with E-state index in [2.05, 4.69) is 15.1 Å². The monoisotopic (exact) mass is 348 g/mol. The molecule has 2 heterocycles. The van der Waals surface area contributed by atoms with E-state index in [1.165, 1.54) is 30.1 Å². The van der Waals surface area contributed by atoms with Gasteiger partial charge in [-0.3, -0.25) is 4.98 Å². The number of hydrogen-bond acceptors (Lipinski definition) is 4. The minimum Gasteiger partial charge on any atom is -0.384 e. The predicted octanol–water partition coefficient (Wildman–Crippen LogP) is 3.27. The molecule has 1 atom stereocenters. The van der Waals surface area contributed by atoms with Crippen LogP contribution in [0.5, 0.6) is 0 Å². The van der Waals surface area contributed by atoms with Gasteiger partial charge in [-0.05, 0) is 36.8 Å². The van der Waals surface area contributed by atoms with Gasteiger partial charge in [0.25, 0.3) is 0 Å². The van der Waals surface area contributed by atoms with Crippen LogP contribution in [0, 0.1) is 0 Å². The molecule has 2 aromatic heterocycles. The fraction of sp³-hybridized carbons (Fsp3) is 0.235. The summed E-state index contributed by atoms with van der Waals surface area (Å²) in [7, 11) is 0. The van der Waals surface area contributed by atoms with Crippen LogP contribution in [0.25, 0.3) is 11.4 Å². The second-order valence-corrected chi connectivity index (χ2v) is 5.84. The van der Waals surface area contributed by atoms with Gasteiger partial charge in [0.1, 0.15) is 11.9 Å². The number of hydrogen-bond donors (Lipinski definition) is 1. The first-order valence-corrected chi connectivity index (χ1v) is 7.46. The van der Waals surface area contributed by atoms with Crippen LogP contribution in [-0.4, -0.2) is 24.9 Å². The summed E-state index contributed by atoms with van der Waals surface area (Å²) in [5, 5.41) is 14.8. The van der Waals surface area contributed by atoms with Crippen LogP contribution in [0.3, 0.4) is 0 Å². The second-order valence-electron chi connectivity index (χ2n) is 5.84. The highest BCUT2D eigenvalue weighted by Crippen LogP contribution is 2.33. The molecule has 3 aromatic rings. The predicted molar refractivity (Wildman–Crippen MR) is 84.3 cm³/mol. The molecular weight excluding hydrogens is 333 g/mol. The number of nitrogens with zero attached hydrogens (tertiary/aromatic N) is 4. The van der Waals surface area contributed by atoms with Crippen molar-refractivity contribution in [1.29, 1.82) is 0 Å². The molecule has 0 aliphatic heterocycles. The summed E-state index contributed by atoms with van der Waals surface area (Å²) in [6, 6.07) is 8.16. The third kappa shape index (κ3) is 3.69. The molecule has 25 heavy (non-hydrogen) atoms. The molecule has 0 saturated carbocycles. The minimum atomic E-state index is -4.47. The summed E-state index contributed by atoms with van der Waals surface area (Å²) in [6.07, 6.45) is 0.0628. The van der Waals surface area contributed by atoms with E-state index in [0.29, 0.717) is 11.4 Å². The van der Waals surface area contributed by atoms with Gasteiger partial charge in [-0.15, -0.1) is 0 Å². The Balaban J connectivity index is 1.92. The van der Waals surface area contributed by atoms with Crippen molar-refractivity contribution in [2.24, 2.45) is 0 Å². The third-order valence-corrected chi connectivity index (χ3v) is 3.80. The lowest BCUT2D eigenvalue weighted by atomic mass is 9.94. The molecule has 1 aromatic carbocycles. The van der Waals surface area contributed by atoms with Crippen molar-refractivity contribution < 1.29 is 18.3 Å². The largest absolute Gasteiger partial charge is 0.416 e. The Morgan fingerprint density at radius 1 is 1.12 bits per heavy atom. The Kier molecular flexibility index (Phi) is 4.30. The zero-order valence-electron chi connectivity index (χ0n) is 13.3. The number of benzene rings is 1. The highest BCUT2D eigenvalue weighted by atomic mass is 19.4. The quantitative estimate of drug-likeness (QED) is 0.786. The summed E-state index contributed by atoms with van der Waals surface area (Å²) in [4.78, 5) is 8.15. The van der Waals surface area contributed by atoms with Gasteiger partial charge >= 0.3 is 6.18 Å². The molecule has 1 N–H and O–H groups in total. The fourth-order valence-corrected chi connectivity index (χ4v) is 2.51. The van der Waals surface area contributed by atoms with Crippen molar-refractivity contribution in [2.45, 2.75) is 25.2 Å². The molecule has 0 aliphatic rings. The van der Waals surface area contributed by atoms with E-state index < -0.39 is 17.3 Å². The molecule has 8 heteroatoms. The van der Waals surface area contributed by atoms with Crippen LogP contribution in [-0.2, 0) is 18.3 Å². The highest BCUT2D eigenvalue weighted by molar-refractivity contribution is 5.52. The molecule has 130 valence electrons. The smallest absolute Gasteiger partial charge is 0.384 e. The van der Waals surface area contributed by atoms with Crippen molar-refractivity contribution in [3.63, 3.8) is 0 Å². The molecule has 0 fully saturated rings. The van der Waals surface area contributed by atoms with Crippen molar-refractivity contribution in [2.75, 3.05) is 0 Å². The number of aromatic nitrogens is 4. The molecule has 0 unspecified atom stereocenters.